The molecule has 1 aromatic rings. The first-order chi connectivity index (χ1) is 14.8. The van der Waals surface area contributed by atoms with Crippen molar-refractivity contribution in [2.75, 3.05) is 53.0 Å². The lowest BCUT2D eigenvalue weighted by Gasteiger charge is -2.34. The molecule has 2 heterocycles. The van der Waals surface area contributed by atoms with Gasteiger partial charge in [-0.2, -0.15) is 5.01 Å². The third kappa shape index (κ3) is 5.65. The van der Waals surface area contributed by atoms with Gasteiger partial charge in [0.1, 0.15) is 23.6 Å². The summed E-state index contributed by atoms with van der Waals surface area (Å²) in [6, 6.07) is 6.89. The van der Waals surface area contributed by atoms with Crippen molar-refractivity contribution < 1.29 is 23.9 Å². The van der Waals surface area contributed by atoms with Gasteiger partial charge in [0.25, 0.3) is 11.8 Å². The number of hydrogen-bond donors (Lipinski definition) is 2. The smallest absolute Gasteiger partial charge is 0.344 e. The first-order valence-corrected chi connectivity index (χ1v) is 10.5. The zero-order valence-electron chi connectivity index (χ0n) is 18.3. The molecule has 0 aromatic heterocycles. The number of amides is 4. The Balaban J connectivity index is 1.35. The molecule has 10 heteroatoms. The van der Waals surface area contributed by atoms with Crippen molar-refractivity contribution in [3.05, 3.63) is 24.3 Å². The molecule has 0 aliphatic carbocycles. The predicted octanol–water partition coefficient (Wildman–Crippen LogP) is 0.443. The van der Waals surface area contributed by atoms with Crippen molar-refractivity contribution in [1.82, 2.24) is 25.6 Å². The highest BCUT2D eigenvalue weighted by molar-refractivity contribution is 6.07. The van der Waals surface area contributed by atoms with Crippen LogP contribution in [0.1, 0.15) is 20.3 Å². The molecule has 2 N–H and O–H groups in total. The summed E-state index contributed by atoms with van der Waals surface area (Å²) in [4.78, 5) is 41.0. The van der Waals surface area contributed by atoms with Gasteiger partial charge in [-0.1, -0.05) is 6.92 Å². The SMILES string of the molecule is CCC1(C)NC(=O)N(NC(=O)CN2CCN(CCOc3ccc(OC)cc3)CC2)C1=O. The molecule has 0 spiro atoms. The fourth-order valence-electron chi connectivity index (χ4n) is 3.52. The number of nitrogens with zero attached hydrogens (tertiary/aromatic N) is 3. The van der Waals surface area contributed by atoms with Crippen molar-refractivity contribution in [1.29, 1.82) is 0 Å². The van der Waals surface area contributed by atoms with Crippen LogP contribution in [0.5, 0.6) is 11.5 Å². The minimum absolute atomic E-state index is 0.135. The van der Waals surface area contributed by atoms with Crippen molar-refractivity contribution in [2.45, 2.75) is 25.8 Å². The Kier molecular flexibility index (Phi) is 7.34. The first kappa shape index (κ1) is 22.8. The topological polar surface area (TPSA) is 103 Å². The third-order valence-corrected chi connectivity index (χ3v) is 5.77. The van der Waals surface area contributed by atoms with Crippen LogP contribution in [0, 0.1) is 0 Å². The Morgan fingerprint density at radius 3 is 2.29 bits per heavy atom. The summed E-state index contributed by atoms with van der Waals surface area (Å²) in [6.07, 6.45) is 0.452. The molecule has 1 unspecified atom stereocenters. The number of methoxy groups -OCH3 is 1. The van der Waals surface area contributed by atoms with Crippen molar-refractivity contribution >= 4 is 17.8 Å². The standard InChI is InChI=1S/C21H31N5O5/c1-4-21(2)19(28)26(20(29)22-21)23-18(27)15-25-11-9-24(10-12-25)13-14-31-17-7-5-16(30-3)6-8-17/h5-8H,4,9-15H2,1-3H3,(H,22,29)(H,23,27). The summed E-state index contributed by atoms with van der Waals surface area (Å²) in [5, 5.41) is 3.41. The van der Waals surface area contributed by atoms with Crippen LogP contribution >= 0.6 is 0 Å². The van der Waals surface area contributed by atoms with Gasteiger partial charge in [0.15, 0.2) is 0 Å². The molecule has 31 heavy (non-hydrogen) atoms. The zero-order chi connectivity index (χ0) is 22.4. The van der Waals surface area contributed by atoms with Gasteiger partial charge in [-0.05, 0) is 37.6 Å². The molecule has 2 aliphatic rings. The molecule has 170 valence electrons. The Bertz CT molecular complexity index is 794. The summed E-state index contributed by atoms with van der Waals surface area (Å²) in [5.41, 5.74) is 1.47. The van der Waals surface area contributed by atoms with Crippen molar-refractivity contribution in [2.24, 2.45) is 0 Å². The monoisotopic (exact) mass is 433 g/mol. The van der Waals surface area contributed by atoms with Gasteiger partial charge in [-0.25, -0.2) is 4.79 Å². The fourth-order valence-corrected chi connectivity index (χ4v) is 3.52. The molecule has 2 saturated heterocycles. The lowest BCUT2D eigenvalue weighted by molar-refractivity contribution is -0.139. The summed E-state index contributed by atoms with van der Waals surface area (Å²) < 4.78 is 10.9. The molecule has 0 radical (unpaired) electrons. The van der Waals surface area contributed by atoms with E-state index < -0.39 is 17.5 Å². The maximum Gasteiger partial charge on any atom is 0.344 e. The van der Waals surface area contributed by atoms with Gasteiger partial charge in [0, 0.05) is 32.7 Å². The lowest BCUT2D eigenvalue weighted by Crippen LogP contribution is -2.54. The molecule has 1 atom stereocenters. The quantitative estimate of drug-likeness (QED) is 0.545. The van der Waals surface area contributed by atoms with E-state index in [1.807, 2.05) is 36.1 Å². The maximum absolute atomic E-state index is 12.4. The molecule has 0 saturated carbocycles. The Hall–Kier alpha value is -2.85. The van der Waals surface area contributed by atoms with E-state index in [2.05, 4.69) is 15.6 Å². The van der Waals surface area contributed by atoms with Gasteiger partial charge >= 0.3 is 6.03 Å². The number of benzene rings is 1. The van der Waals surface area contributed by atoms with Crippen LogP contribution in [0.3, 0.4) is 0 Å². The first-order valence-electron chi connectivity index (χ1n) is 10.5. The predicted molar refractivity (Wildman–Crippen MR) is 114 cm³/mol. The normalized spacial score (nSPS) is 22.4. The molecule has 4 amide bonds. The van der Waals surface area contributed by atoms with E-state index in [4.69, 9.17) is 9.47 Å². The number of urea groups is 1. The summed E-state index contributed by atoms with van der Waals surface area (Å²) in [5.74, 6) is 0.785. The van der Waals surface area contributed by atoms with Gasteiger partial charge in [0.2, 0.25) is 0 Å². The lowest BCUT2D eigenvalue weighted by atomic mass is 10.00. The van der Waals surface area contributed by atoms with Gasteiger partial charge in [-0.15, -0.1) is 0 Å². The Morgan fingerprint density at radius 1 is 1.10 bits per heavy atom. The Labute approximate surface area is 182 Å². The van der Waals surface area contributed by atoms with Crippen LogP contribution in [-0.2, 0) is 9.59 Å². The number of ether oxygens (including phenoxy) is 2. The van der Waals surface area contributed by atoms with Crippen LogP contribution in [0.4, 0.5) is 4.79 Å². The Morgan fingerprint density at radius 2 is 1.71 bits per heavy atom. The number of hydrazine groups is 1. The average Bonchev–Trinajstić information content (AvgIpc) is 2.99. The number of piperazine rings is 1. The van der Waals surface area contributed by atoms with E-state index in [0.717, 1.165) is 49.2 Å². The maximum atomic E-state index is 12.4. The number of imide groups is 1. The van der Waals surface area contributed by atoms with E-state index in [0.29, 0.717) is 13.0 Å². The van der Waals surface area contributed by atoms with Crippen LogP contribution < -0.4 is 20.2 Å². The van der Waals surface area contributed by atoms with E-state index in [9.17, 15) is 14.4 Å². The van der Waals surface area contributed by atoms with E-state index in [1.165, 1.54) is 0 Å². The second-order valence-corrected chi connectivity index (χ2v) is 7.93. The van der Waals surface area contributed by atoms with E-state index in [1.54, 1.807) is 14.0 Å². The second-order valence-electron chi connectivity index (χ2n) is 7.93. The number of nitrogens with one attached hydrogen (secondary N) is 2. The minimum atomic E-state index is -0.968. The molecule has 0 bridgehead atoms. The van der Waals surface area contributed by atoms with E-state index >= 15 is 0 Å². The van der Waals surface area contributed by atoms with Crippen molar-refractivity contribution in [3.8, 4) is 11.5 Å². The minimum Gasteiger partial charge on any atom is -0.497 e. The fraction of sp³-hybridized carbons (Fsp3) is 0.571. The molecule has 2 fully saturated rings. The van der Waals surface area contributed by atoms with Crippen LogP contribution in [-0.4, -0.2) is 91.2 Å². The van der Waals surface area contributed by atoms with Crippen LogP contribution in [0.25, 0.3) is 0 Å². The number of carbonyl (C=O) groups is 3. The highest BCUT2D eigenvalue weighted by Crippen LogP contribution is 2.19. The molecule has 10 nitrogen and oxygen atoms in total. The highest BCUT2D eigenvalue weighted by atomic mass is 16.5. The summed E-state index contributed by atoms with van der Waals surface area (Å²) in [6.45, 7) is 8.05. The summed E-state index contributed by atoms with van der Waals surface area (Å²) >= 11 is 0. The van der Waals surface area contributed by atoms with Crippen LogP contribution in [0.2, 0.25) is 0 Å². The van der Waals surface area contributed by atoms with Gasteiger partial charge in [0.05, 0.1) is 13.7 Å². The number of carbonyl (C=O) groups excluding carboxylic acids is 3. The van der Waals surface area contributed by atoms with Gasteiger partial charge < -0.3 is 14.8 Å². The average molecular weight is 434 g/mol. The van der Waals surface area contributed by atoms with Crippen molar-refractivity contribution in [3.63, 3.8) is 0 Å². The molecule has 2 aliphatic heterocycles. The number of rotatable bonds is 9. The molecule has 3 rings (SSSR count). The van der Waals surface area contributed by atoms with Crippen LogP contribution in [0.15, 0.2) is 24.3 Å². The molecular formula is C21H31N5O5. The van der Waals surface area contributed by atoms with Gasteiger partial charge in [-0.3, -0.25) is 24.8 Å². The third-order valence-electron chi connectivity index (χ3n) is 5.77. The largest absolute Gasteiger partial charge is 0.497 e. The molecule has 1 aromatic carbocycles. The second kappa shape index (κ2) is 9.97. The number of hydrogen-bond acceptors (Lipinski definition) is 7. The zero-order valence-corrected chi connectivity index (χ0v) is 18.3. The molecular weight excluding hydrogens is 402 g/mol. The van der Waals surface area contributed by atoms with E-state index in [-0.39, 0.29) is 12.5 Å². The highest BCUT2D eigenvalue weighted by Gasteiger charge is 2.47. The summed E-state index contributed by atoms with van der Waals surface area (Å²) in [7, 11) is 1.63.